The monoisotopic (exact) mass is 528 g/mol. The Hall–Kier alpha value is -3.61. The molecule has 0 spiro atoms. The predicted octanol–water partition coefficient (Wildman–Crippen LogP) is 9.08. The maximum Gasteiger partial charge on any atom is 0.422 e. The highest BCUT2D eigenvalue weighted by Gasteiger charge is 2.28. The maximum absolute atomic E-state index is 15.3. The van der Waals surface area contributed by atoms with E-state index in [0.29, 0.717) is 52.7 Å². The van der Waals surface area contributed by atoms with Crippen LogP contribution in [0.3, 0.4) is 0 Å². The van der Waals surface area contributed by atoms with Gasteiger partial charge in [-0.05, 0) is 71.7 Å². The summed E-state index contributed by atoms with van der Waals surface area (Å²) in [5, 5.41) is 1.10. The van der Waals surface area contributed by atoms with Crippen LogP contribution in [0.5, 0.6) is 11.5 Å². The summed E-state index contributed by atoms with van der Waals surface area (Å²) in [6, 6.07) is 19.8. The molecule has 0 saturated heterocycles. The Kier molecular flexibility index (Phi) is 8.87. The van der Waals surface area contributed by atoms with Crippen LogP contribution in [0, 0.1) is 11.6 Å². The van der Waals surface area contributed by atoms with Gasteiger partial charge in [-0.1, -0.05) is 56.2 Å². The van der Waals surface area contributed by atoms with Crippen molar-refractivity contribution in [2.24, 2.45) is 0 Å². The number of hydrogen-bond acceptors (Lipinski definition) is 2. The predicted molar refractivity (Wildman–Crippen MR) is 140 cm³/mol. The van der Waals surface area contributed by atoms with E-state index in [1.54, 1.807) is 48.5 Å². The third kappa shape index (κ3) is 7.24. The number of rotatable bonds is 11. The molecule has 200 valence electrons. The fourth-order valence-electron chi connectivity index (χ4n) is 4.26. The summed E-state index contributed by atoms with van der Waals surface area (Å²) in [4.78, 5) is 0. The van der Waals surface area contributed by atoms with Crippen molar-refractivity contribution in [1.29, 1.82) is 0 Å². The third-order valence-corrected chi connectivity index (χ3v) is 6.31. The number of hydrogen-bond donors (Lipinski definition) is 0. The van der Waals surface area contributed by atoms with Crippen molar-refractivity contribution in [3.05, 3.63) is 95.6 Å². The molecule has 0 atom stereocenters. The molecule has 0 aliphatic carbocycles. The van der Waals surface area contributed by atoms with E-state index in [1.807, 2.05) is 6.07 Å². The molecule has 0 saturated carbocycles. The number of fused-ring (bicyclic) bond motifs is 1. The molecule has 0 aromatic heterocycles. The molecule has 0 aliphatic heterocycles. The summed E-state index contributed by atoms with van der Waals surface area (Å²) < 4.78 is 77.3. The minimum absolute atomic E-state index is 0.129. The second-order valence-electron chi connectivity index (χ2n) is 9.22. The average Bonchev–Trinajstić information content (AvgIpc) is 2.90. The van der Waals surface area contributed by atoms with E-state index in [0.717, 1.165) is 24.8 Å². The maximum atomic E-state index is 15.3. The quantitative estimate of drug-likeness (QED) is 0.143. The normalized spacial score (nSPS) is 11.6. The van der Waals surface area contributed by atoms with Crippen LogP contribution < -0.4 is 9.47 Å². The fourth-order valence-corrected chi connectivity index (χ4v) is 4.26. The van der Waals surface area contributed by atoms with Gasteiger partial charge in [-0.3, -0.25) is 0 Å². The molecule has 0 unspecified atom stereocenters. The molecule has 0 fully saturated rings. The molecule has 0 bridgehead atoms. The van der Waals surface area contributed by atoms with Gasteiger partial charge in [0.15, 0.2) is 6.61 Å². The molecule has 0 N–H and O–H groups in total. The molecule has 0 heterocycles. The molecule has 4 aromatic rings. The van der Waals surface area contributed by atoms with Crippen molar-refractivity contribution in [2.75, 3.05) is 13.2 Å². The molecule has 4 rings (SSSR count). The van der Waals surface area contributed by atoms with Gasteiger partial charge >= 0.3 is 6.18 Å². The highest BCUT2D eigenvalue weighted by atomic mass is 19.4. The lowest BCUT2D eigenvalue weighted by Gasteiger charge is -2.11. The number of aryl methyl sites for hydroxylation is 2. The zero-order chi connectivity index (χ0) is 27.1. The summed E-state index contributed by atoms with van der Waals surface area (Å²) in [6.07, 6.45) is -0.397. The van der Waals surface area contributed by atoms with Gasteiger partial charge in [-0.15, -0.1) is 0 Å². The first-order chi connectivity index (χ1) is 18.2. The largest absolute Gasteiger partial charge is 0.493 e. The van der Waals surface area contributed by atoms with E-state index in [2.05, 4.69) is 6.92 Å². The number of ether oxygens (including phenoxy) is 2. The first-order valence-corrected chi connectivity index (χ1v) is 12.7. The van der Waals surface area contributed by atoms with Gasteiger partial charge in [0.25, 0.3) is 0 Å². The zero-order valence-electron chi connectivity index (χ0n) is 21.1. The molecular formula is C31H29F5O2. The first kappa shape index (κ1) is 27.4. The molecule has 0 amide bonds. The summed E-state index contributed by atoms with van der Waals surface area (Å²) in [6.45, 7) is 1.31. The number of unbranched alkanes of at least 4 members (excludes halogenated alkanes) is 2. The smallest absolute Gasteiger partial charge is 0.422 e. The van der Waals surface area contributed by atoms with E-state index in [9.17, 15) is 17.6 Å². The Balaban J connectivity index is 1.43. The van der Waals surface area contributed by atoms with Crippen LogP contribution in [0.25, 0.3) is 21.9 Å². The summed E-state index contributed by atoms with van der Waals surface area (Å²) in [5.74, 6) is -0.119. The standard InChI is InChI=1S/C31H29F5O2/c1-2-3-4-17-37-26-14-16-27(29(32)19-26)23-11-15-28-24(18-23)10-9-22(30(28)33)8-5-21-6-12-25(13-7-21)38-20-31(34,35)36/h6-7,9-16,18-19H,2-5,8,17,20H2,1H3. The summed E-state index contributed by atoms with van der Waals surface area (Å²) in [7, 11) is 0. The zero-order valence-corrected chi connectivity index (χ0v) is 21.1. The van der Waals surface area contributed by atoms with Gasteiger partial charge in [0.05, 0.1) is 6.61 Å². The second kappa shape index (κ2) is 12.3. The Morgan fingerprint density at radius 2 is 1.50 bits per heavy atom. The van der Waals surface area contributed by atoms with Gasteiger partial charge < -0.3 is 9.47 Å². The Bertz CT molecular complexity index is 1360. The third-order valence-electron chi connectivity index (χ3n) is 6.31. The Morgan fingerprint density at radius 3 is 2.21 bits per heavy atom. The van der Waals surface area contributed by atoms with Crippen LogP contribution >= 0.6 is 0 Å². The summed E-state index contributed by atoms with van der Waals surface area (Å²) in [5.41, 5.74) is 2.44. The number of alkyl halides is 3. The van der Waals surface area contributed by atoms with Crippen molar-refractivity contribution < 1.29 is 31.4 Å². The molecule has 4 aromatic carbocycles. The van der Waals surface area contributed by atoms with Gasteiger partial charge in [-0.25, -0.2) is 8.78 Å². The van der Waals surface area contributed by atoms with Crippen molar-refractivity contribution in [2.45, 2.75) is 45.2 Å². The van der Waals surface area contributed by atoms with Gasteiger partial charge in [0, 0.05) is 17.0 Å². The van der Waals surface area contributed by atoms with E-state index in [-0.39, 0.29) is 11.6 Å². The molecule has 0 aliphatic rings. The van der Waals surface area contributed by atoms with Crippen LogP contribution in [0.15, 0.2) is 72.8 Å². The van der Waals surface area contributed by atoms with E-state index >= 15 is 4.39 Å². The van der Waals surface area contributed by atoms with Crippen LogP contribution in [-0.4, -0.2) is 19.4 Å². The van der Waals surface area contributed by atoms with Gasteiger partial charge in [-0.2, -0.15) is 13.2 Å². The average molecular weight is 529 g/mol. The topological polar surface area (TPSA) is 18.5 Å². The fraction of sp³-hybridized carbons (Fsp3) is 0.290. The molecule has 7 heteroatoms. The number of halogens is 5. The van der Waals surface area contributed by atoms with Crippen molar-refractivity contribution in [3.8, 4) is 22.6 Å². The lowest BCUT2D eigenvalue weighted by Crippen LogP contribution is -2.19. The molecular weight excluding hydrogens is 499 g/mol. The minimum Gasteiger partial charge on any atom is -0.493 e. The molecule has 0 radical (unpaired) electrons. The van der Waals surface area contributed by atoms with E-state index < -0.39 is 18.6 Å². The highest BCUT2D eigenvalue weighted by molar-refractivity contribution is 5.88. The van der Waals surface area contributed by atoms with Crippen LogP contribution in [0.4, 0.5) is 22.0 Å². The Morgan fingerprint density at radius 1 is 0.737 bits per heavy atom. The molecule has 2 nitrogen and oxygen atoms in total. The lowest BCUT2D eigenvalue weighted by molar-refractivity contribution is -0.153. The first-order valence-electron chi connectivity index (χ1n) is 12.7. The lowest BCUT2D eigenvalue weighted by atomic mass is 9.97. The van der Waals surface area contributed by atoms with Crippen LogP contribution in [-0.2, 0) is 12.8 Å². The highest BCUT2D eigenvalue weighted by Crippen LogP contribution is 2.31. The SMILES string of the molecule is CCCCCOc1ccc(-c2ccc3c(F)c(CCc4ccc(OCC(F)(F)F)cc4)ccc3c2)c(F)c1. The van der Waals surface area contributed by atoms with Gasteiger partial charge in [0.1, 0.15) is 23.1 Å². The molecule has 38 heavy (non-hydrogen) atoms. The van der Waals surface area contributed by atoms with Crippen LogP contribution in [0.2, 0.25) is 0 Å². The van der Waals surface area contributed by atoms with E-state index in [1.165, 1.54) is 18.2 Å². The van der Waals surface area contributed by atoms with Crippen molar-refractivity contribution >= 4 is 10.8 Å². The van der Waals surface area contributed by atoms with Crippen molar-refractivity contribution in [1.82, 2.24) is 0 Å². The van der Waals surface area contributed by atoms with Gasteiger partial charge in [0.2, 0.25) is 0 Å². The van der Waals surface area contributed by atoms with Crippen LogP contribution in [0.1, 0.15) is 37.3 Å². The Labute approximate surface area is 219 Å². The number of benzene rings is 4. The van der Waals surface area contributed by atoms with Crippen molar-refractivity contribution in [3.63, 3.8) is 0 Å². The minimum atomic E-state index is -4.39. The second-order valence-corrected chi connectivity index (χ2v) is 9.22. The van der Waals surface area contributed by atoms with E-state index in [4.69, 9.17) is 9.47 Å². The summed E-state index contributed by atoms with van der Waals surface area (Å²) >= 11 is 0.